The van der Waals surface area contributed by atoms with Crippen molar-refractivity contribution in [2.45, 2.75) is 19.5 Å². The zero-order chi connectivity index (χ0) is 14.5. The van der Waals surface area contributed by atoms with Gasteiger partial charge in [-0.05, 0) is 24.6 Å². The second kappa shape index (κ2) is 6.26. The number of hydrogen-bond acceptors (Lipinski definition) is 2. The lowest BCUT2D eigenvalue weighted by Crippen LogP contribution is -2.06. The Kier molecular flexibility index (Phi) is 4.97. The van der Waals surface area contributed by atoms with Crippen LogP contribution in [0.5, 0.6) is 5.75 Å². The third kappa shape index (κ3) is 4.65. The molecule has 19 heavy (non-hydrogen) atoms. The Balaban J connectivity index is 3.12. The van der Waals surface area contributed by atoms with Crippen molar-refractivity contribution in [2.24, 2.45) is 0 Å². The van der Waals surface area contributed by atoms with Crippen LogP contribution in [0.3, 0.4) is 0 Å². The van der Waals surface area contributed by atoms with E-state index in [1.807, 2.05) is 6.92 Å². The summed E-state index contributed by atoms with van der Waals surface area (Å²) in [6.45, 7) is 2.08. The molecule has 1 N–H and O–H groups in total. The number of alkyl halides is 3. The van der Waals surface area contributed by atoms with Gasteiger partial charge in [0.15, 0.2) is 0 Å². The van der Waals surface area contributed by atoms with Crippen LogP contribution in [-0.4, -0.2) is 17.7 Å². The summed E-state index contributed by atoms with van der Waals surface area (Å²) in [6, 6.07) is 2.95. The lowest BCUT2D eigenvalue weighted by atomic mass is 10.1. The zero-order valence-corrected chi connectivity index (χ0v) is 10.2. The van der Waals surface area contributed by atoms with E-state index >= 15 is 0 Å². The SMILES string of the molecule is CCCOc1cc(C(F)(F)F)ccc1C=CC(=O)O. The highest BCUT2D eigenvalue weighted by Gasteiger charge is 2.31. The van der Waals surface area contributed by atoms with Crippen LogP contribution in [0.15, 0.2) is 24.3 Å². The maximum absolute atomic E-state index is 12.6. The fourth-order valence-corrected chi connectivity index (χ4v) is 1.35. The Morgan fingerprint density at radius 3 is 2.63 bits per heavy atom. The number of carboxylic acids is 1. The number of halogens is 3. The van der Waals surface area contributed by atoms with E-state index in [-0.39, 0.29) is 12.4 Å². The fraction of sp³-hybridized carbons (Fsp3) is 0.308. The highest BCUT2D eigenvalue weighted by Crippen LogP contribution is 2.33. The van der Waals surface area contributed by atoms with E-state index in [0.717, 1.165) is 18.2 Å². The lowest BCUT2D eigenvalue weighted by Gasteiger charge is -2.12. The lowest BCUT2D eigenvalue weighted by molar-refractivity contribution is -0.137. The number of ether oxygens (including phenoxy) is 1. The summed E-state index contributed by atoms with van der Waals surface area (Å²) in [5.74, 6) is -1.16. The number of carbonyl (C=O) groups is 1. The first kappa shape index (κ1) is 15.1. The molecule has 3 nitrogen and oxygen atoms in total. The fourth-order valence-electron chi connectivity index (χ4n) is 1.35. The molecule has 6 heteroatoms. The van der Waals surface area contributed by atoms with Crippen LogP contribution < -0.4 is 4.74 Å². The Labute approximate surface area is 108 Å². The summed E-state index contributed by atoms with van der Waals surface area (Å²) in [7, 11) is 0. The second-order valence-corrected chi connectivity index (χ2v) is 3.77. The molecule has 0 amide bonds. The van der Waals surface area contributed by atoms with Gasteiger partial charge in [-0.1, -0.05) is 13.0 Å². The number of hydrogen-bond donors (Lipinski definition) is 1. The van der Waals surface area contributed by atoms with Crippen molar-refractivity contribution in [1.29, 1.82) is 0 Å². The molecule has 0 aliphatic heterocycles. The second-order valence-electron chi connectivity index (χ2n) is 3.77. The summed E-state index contributed by atoms with van der Waals surface area (Å²) in [5.41, 5.74) is -0.532. The normalized spacial score (nSPS) is 11.8. The minimum Gasteiger partial charge on any atom is -0.493 e. The van der Waals surface area contributed by atoms with Crippen LogP contribution in [0.4, 0.5) is 13.2 Å². The van der Waals surface area contributed by atoms with Crippen LogP contribution >= 0.6 is 0 Å². The average molecular weight is 274 g/mol. The first-order chi connectivity index (χ1) is 8.84. The van der Waals surface area contributed by atoms with Crippen molar-refractivity contribution in [2.75, 3.05) is 6.61 Å². The topological polar surface area (TPSA) is 46.5 Å². The minimum atomic E-state index is -4.46. The van der Waals surface area contributed by atoms with Crippen molar-refractivity contribution in [3.63, 3.8) is 0 Å². The molecule has 0 fully saturated rings. The largest absolute Gasteiger partial charge is 0.493 e. The van der Waals surface area contributed by atoms with Gasteiger partial charge in [0, 0.05) is 11.6 Å². The van der Waals surface area contributed by atoms with Crippen molar-refractivity contribution in [3.05, 3.63) is 35.4 Å². The predicted molar refractivity (Wildman–Crippen MR) is 63.9 cm³/mol. The monoisotopic (exact) mass is 274 g/mol. The quantitative estimate of drug-likeness (QED) is 0.834. The van der Waals surface area contributed by atoms with Crippen LogP contribution in [0, 0.1) is 0 Å². The zero-order valence-electron chi connectivity index (χ0n) is 10.2. The van der Waals surface area contributed by atoms with Crippen molar-refractivity contribution < 1.29 is 27.8 Å². The highest BCUT2D eigenvalue weighted by molar-refractivity contribution is 5.85. The number of benzene rings is 1. The molecule has 1 aromatic carbocycles. The van der Waals surface area contributed by atoms with E-state index in [1.165, 1.54) is 12.1 Å². The van der Waals surface area contributed by atoms with E-state index in [1.54, 1.807) is 0 Å². The standard InChI is InChI=1S/C13H13F3O3/c1-2-7-19-11-8-10(13(14,15)16)5-3-9(11)4-6-12(17)18/h3-6,8H,2,7H2,1H3,(H,17,18). The van der Waals surface area contributed by atoms with Crippen molar-refractivity contribution in [3.8, 4) is 5.75 Å². The maximum Gasteiger partial charge on any atom is 0.416 e. The number of aliphatic carboxylic acids is 1. The molecule has 0 aliphatic rings. The molecule has 0 radical (unpaired) electrons. The first-order valence-electron chi connectivity index (χ1n) is 5.59. The molecule has 0 heterocycles. The Morgan fingerprint density at radius 2 is 2.11 bits per heavy atom. The van der Waals surface area contributed by atoms with Gasteiger partial charge >= 0.3 is 12.1 Å². The predicted octanol–water partition coefficient (Wildman–Crippen LogP) is 3.59. The molecule has 1 aromatic rings. The molecule has 0 bridgehead atoms. The van der Waals surface area contributed by atoms with Crippen molar-refractivity contribution >= 4 is 12.0 Å². The third-order valence-corrected chi connectivity index (χ3v) is 2.21. The minimum absolute atomic E-state index is 0.0224. The van der Waals surface area contributed by atoms with E-state index in [4.69, 9.17) is 9.84 Å². The molecule has 0 spiro atoms. The van der Waals surface area contributed by atoms with E-state index in [2.05, 4.69) is 0 Å². The van der Waals surface area contributed by atoms with Crippen LogP contribution in [-0.2, 0) is 11.0 Å². The summed E-state index contributed by atoms with van der Waals surface area (Å²) in [5, 5.41) is 8.52. The first-order valence-corrected chi connectivity index (χ1v) is 5.59. The third-order valence-electron chi connectivity index (χ3n) is 2.21. The highest BCUT2D eigenvalue weighted by atomic mass is 19.4. The smallest absolute Gasteiger partial charge is 0.416 e. The van der Waals surface area contributed by atoms with E-state index < -0.39 is 17.7 Å². The van der Waals surface area contributed by atoms with Gasteiger partial charge in [-0.3, -0.25) is 0 Å². The summed E-state index contributed by atoms with van der Waals surface area (Å²) in [6.07, 6.45) is -1.77. The number of carboxylic acid groups (broad SMARTS) is 1. The molecular formula is C13H13F3O3. The Hall–Kier alpha value is -1.98. The van der Waals surface area contributed by atoms with Gasteiger partial charge in [-0.2, -0.15) is 13.2 Å². The average Bonchev–Trinajstić information content (AvgIpc) is 2.32. The van der Waals surface area contributed by atoms with E-state index in [0.29, 0.717) is 12.0 Å². The van der Waals surface area contributed by atoms with Gasteiger partial charge < -0.3 is 9.84 Å². The molecule has 0 atom stereocenters. The van der Waals surface area contributed by atoms with Gasteiger partial charge in [-0.15, -0.1) is 0 Å². The molecule has 0 aromatic heterocycles. The molecule has 0 saturated carbocycles. The molecule has 0 unspecified atom stereocenters. The molecule has 104 valence electrons. The number of rotatable bonds is 5. The molecule has 0 aliphatic carbocycles. The van der Waals surface area contributed by atoms with Gasteiger partial charge in [-0.25, -0.2) is 4.79 Å². The Morgan fingerprint density at radius 1 is 1.42 bits per heavy atom. The van der Waals surface area contributed by atoms with Gasteiger partial charge in [0.05, 0.1) is 12.2 Å². The van der Waals surface area contributed by atoms with Gasteiger partial charge in [0.2, 0.25) is 0 Å². The van der Waals surface area contributed by atoms with Crippen molar-refractivity contribution in [1.82, 2.24) is 0 Å². The van der Waals surface area contributed by atoms with Crippen LogP contribution in [0.25, 0.3) is 6.08 Å². The molecule has 1 rings (SSSR count). The van der Waals surface area contributed by atoms with Gasteiger partial charge in [0.25, 0.3) is 0 Å². The van der Waals surface area contributed by atoms with Crippen LogP contribution in [0.1, 0.15) is 24.5 Å². The molecule has 0 saturated heterocycles. The summed E-state index contributed by atoms with van der Waals surface area (Å²) >= 11 is 0. The molecular weight excluding hydrogens is 261 g/mol. The summed E-state index contributed by atoms with van der Waals surface area (Å²) in [4.78, 5) is 10.4. The Bertz CT molecular complexity index is 479. The summed E-state index contributed by atoms with van der Waals surface area (Å²) < 4.78 is 42.9. The van der Waals surface area contributed by atoms with Crippen LogP contribution in [0.2, 0.25) is 0 Å². The maximum atomic E-state index is 12.6. The van der Waals surface area contributed by atoms with E-state index in [9.17, 15) is 18.0 Å². The van der Waals surface area contributed by atoms with Gasteiger partial charge in [0.1, 0.15) is 5.75 Å².